The van der Waals surface area contributed by atoms with Gasteiger partial charge in [-0.25, -0.2) is 0 Å². The Morgan fingerprint density at radius 1 is 1.09 bits per heavy atom. The quantitative estimate of drug-likeness (QED) is 0.666. The smallest absolute Gasteiger partial charge is 0.246 e. The third-order valence-electron chi connectivity index (χ3n) is 6.44. The number of ether oxygens (including phenoxy) is 1. The zero-order chi connectivity index (χ0) is 22.4. The number of piperazine rings is 1. The Hall–Kier alpha value is -3.28. The molecule has 2 aliphatic heterocycles. The largest absolute Gasteiger partial charge is 0.494 e. The van der Waals surface area contributed by atoms with E-state index < -0.39 is 12.1 Å². The number of nitrogens with one attached hydrogen (secondary N) is 1. The van der Waals surface area contributed by atoms with E-state index in [1.807, 2.05) is 49.4 Å². The molecule has 1 aromatic heterocycles. The van der Waals surface area contributed by atoms with Gasteiger partial charge in [0.1, 0.15) is 17.8 Å². The lowest BCUT2D eigenvalue weighted by Gasteiger charge is -2.47. The van der Waals surface area contributed by atoms with Gasteiger partial charge in [-0.3, -0.25) is 9.59 Å². The van der Waals surface area contributed by atoms with Crippen LogP contribution in [0.5, 0.6) is 5.75 Å². The molecule has 2 aliphatic rings. The molecule has 1 unspecified atom stereocenters. The third kappa shape index (κ3) is 3.25. The van der Waals surface area contributed by atoms with Crippen molar-refractivity contribution in [3.05, 3.63) is 65.4 Å². The second-order valence-electron chi connectivity index (χ2n) is 9.07. The highest BCUT2D eigenvalue weighted by molar-refractivity contribution is 5.97. The van der Waals surface area contributed by atoms with Crippen molar-refractivity contribution in [3.63, 3.8) is 0 Å². The molecule has 0 bridgehead atoms. The standard InChI is InChI=1S/C26H29N3O3/c1-4-32-22-12-8-6-10-18(22)25-24-19(17-9-5-7-11-20(17)27-24)13-21-26(31)28(14-16(2)3)15-23(30)29(21)25/h5-12,16,21,25,27H,4,13-15H2,1-3H3/t21-,25?/m0/s1. The molecular weight excluding hydrogens is 402 g/mol. The molecule has 0 radical (unpaired) electrons. The number of carbonyl (C=O) groups excluding carboxylic acids is 2. The maximum Gasteiger partial charge on any atom is 0.246 e. The van der Waals surface area contributed by atoms with Crippen LogP contribution in [-0.4, -0.2) is 52.3 Å². The van der Waals surface area contributed by atoms with Crippen LogP contribution in [0.15, 0.2) is 48.5 Å². The number of benzene rings is 2. The van der Waals surface area contributed by atoms with Crippen LogP contribution in [0.25, 0.3) is 10.9 Å². The monoisotopic (exact) mass is 431 g/mol. The summed E-state index contributed by atoms with van der Waals surface area (Å²) in [7, 11) is 0. The summed E-state index contributed by atoms with van der Waals surface area (Å²) in [5.74, 6) is 1.07. The Morgan fingerprint density at radius 3 is 2.62 bits per heavy atom. The lowest BCUT2D eigenvalue weighted by molar-refractivity contribution is -0.159. The zero-order valence-corrected chi connectivity index (χ0v) is 18.8. The van der Waals surface area contributed by atoms with Crippen molar-refractivity contribution >= 4 is 22.7 Å². The number of hydrogen-bond acceptors (Lipinski definition) is 3. The van der Waals surface area contributed by atoms with E-state index >= 15 is 0 Å². The third-order valence-corrected chi connectivity index (χ3v) is 6.44. The van der Waals surface area contributed by atoms with Crippen LogP contribution < -0.4 is 4.74 Å². The van der Waals surface area contributed by atoms with Gasteiger partial charge in [-0.15, -0.1) is 0 Å². The molecule has 5 rings (SSSR count). The lowest BCUT2D eigenvalue weighted by atomic mass is 9.85. The highest BCUT2D eigenvalue weighted by Crippen LogP contribution is 2.44. The second-order valence-corrected chi connectivity index (χ2v) is 9.07. The highest BCUT2D eigenvalue weighted by Gasteiger charge is 2.48. The summed E-state index contributed by atoms with van der Waals surface area (Å²) >= 11 is 0. The maximum atomic E-state index is 13.6. The lowest BCUT2D eigenvalue weighted by Crippen LogP contribution is -2.63. The van der Waals surface area contributed by atoms with Crippen molar-refractivity contribution in [2.24, 2.45) is 5.92 Å². The number of aromatic amines is 1. The number of fused-ring (bicyclic) bond motifs is 4. The maximum absolute atomic E-state index is 13.6. The average molecular weight is 432 g/mol. The van der Waals surface area contributed by atoms with Gasteiger partial charge in [0, 0.05) is 35.1 Å². The van der Waals surface area contributed by atoms with E-state index in [1.54, 1.807) is 9.80 Å². The van der Waals surface area contributed by atoms with Crippen LogP contribution in [0.4, 0.5) is 0 Å². The number of aromatic nitrogens is 1. The fraction of sp³-hybridized carbons (Fsp3) is 0.385. The van der Waals surface area contributed by atoms with Crippen LogP contribution in [0, 0.1) is 5.92 Å². The van der Waals surface area contributed by atoms with E-state index in [2.05, 4.69) is 24.9 Å². The molecule has 3 aromatic rings. The van der Waals surface area contributed by atoms with E-state index in [1.165, 1.54) is 0 Å². The van der Waals surface area contributed by atoms with Gasteiger partial charge in [-0.2, -0.15) is 0 Å². The minimum absolute atomic E-state index is 0.0177. The normalized spacial score (nSPS) is 20.6. The predicted octanol–water partition coefficient (Wildman–Crippen LogP) is 3.91. The molecule has 1 N–H and O–H groups in total. The number of rotatable bonds is 5. The molecule has 1 saturated heterocycles. The molecule has 0 aliphatic carbocycles. The molecule has 6 nitrogen and oxygen atoms in total. The summed E-state index contributed by atoms with van der Waals surface area (Å²) in [4.78, 5) is 34.2. The predicted molar refractivity (Wildman–Crippen MR) is 124 cm³/mol. The SMILES string of the molecule is CCOc1ccccc1C1c2[nH]c3ccccc3c2C[C@H]2C(=O)N(CC(C)C)CC(=O)N12. The van der Waals surface area contributed by atoms with Crippen molar-refractivity contribution in [3.8, 4) is 5.75 Å². The Labute approximate surface area is 188 Å². The summed E-state index contributed by atoms with van der Waals surface area (Å²) < 4.78 is 5.95. The molecule has 2 amide bonds. The molecule has 32 heavy (non-hydrogen) atoms. The first-order chi connectivity index (χ1) is 15.5. The molecule has 2 aromatic carbocycles. The average Bonchev–Trinajstić information content (AvgIpc) is 3.15. The van der Waals surface area contributed by atoms with Crippen LogP contribution in [-0.2, 0) is 16.0 Å². The van der Waals surface area contributed by atoms with Gasteiger partial charge in [0.15, 0.2) is 0 Å². The fourth-order valence-electron chi connectivity index (χ4n) is 5.24. The van der Waals surface area contributed by atoms with Gasteiger partial charge in [0.05, 0.1) is 13.2 Å². The van der Waals surface area contributed by atoms with Crippen molar-refractivity contribution < 1.29 is 14.3 Å². The fourth-order valence-corrected chi connectivity index (χ4v) is 5.24. The minimum Gasteiger partial charge on any atom is -0.494 e. The molecular formula is C26H29N3O3. The molecule has 166 valence electrons. The summed E-state index contributed by atoms with van der Waals surface area (Å²) in [6.45, 7) is 7.34. The highest BCUT2D eigenvalue weighted by atomic mass is 16.5. The first-order valence-electron chi connectivity index (χ1n) is 11.4. The van der Waals surface area contributed by atoms with Gasteiger partial charge >= 0.3 is 0 Å². The number of para-hydroxylation sites is 2. The number of carbonyl (C=O) groups is 2. The van der Waals surface area contributed by atoms with Crippen molar-refractivity contribution in [1.82, 2.24) is 14.8 Å². The van der Waals surface area contributed by atoms with Gasteiger partial charge in [-0.05, 0) is 30.5 Å². The Morgan fingerprint density at radius 2 is 1.84 bits per heavy atom. The van der Waals surface area contributed by atoms with Crippen LogP contribution in [0.2, 0.25) is 0 Å². The first kappa shape index (κ1) is 20.6. The summed E-state index contributed by atoms with van der Waals surface area (Å²) in [5.41, 5.74) is 4.03. The van der Waals surface area contributed by atoms with Gasteiger partial charge in [-0.1, -0.05) is 50.2 Å². The molecule has 6 heteroatoms. The van der Waals surface area contributed by atoms with E-state index in [-0.39, 0.29) is 18.4 Å². The second kappa shape index (κ2) is 8.01. The van der Waals surface area contributed by atoms with Crippen LogP contribution >= 0.6 is 0 Å². The first-order valence-corrected chi connectivity index (χ1v) is 11.4. The number of nitrogens with zero attached hydrogens (tertiary/aromatic N) is 2. The number of hydrogen-bond donors (Lipinski definition) is 1. The zero-order valence-electron chi connectivity index (χ0n) is 18.8. The molecule has 2 atom stereocenters. The van der Waals surface area contributed by atoms with Crippen molar-refractivity contribution in [2.45, 2.75) is 39.3 Å². The molecule has 1 fully saturated rings. The topological polar surface area (TPSA) is 65.6 Å². The number of amides is 2. The summed E-state index contributed by atoms with van der Waals surface area (Å²) in [6.07, 6.45) is 0.520. The van der Waals surface area contributed by atoms with Gasteiger partial charge in [0.2, 0.25) is 11.8 Å². The molecule has 0 spiro atoms. The molecule has 3 heterocycles. The Balaban J connectivity index is 1.70. The van der Waals surface area contributed by atoms with Crippen LogP contribution in [0.3, 0.4) is 0 Å². The summed E-state index contributed by atoms with van der Waals surface area (Å²) in [6, 6.07) is 15.1. The Kier molecular flexibility index (Phi) is 5.16. The number of H-pyrrole nitrogens is 1. The van der Waals surface area contributed by atoms with E-state index in [9.17, 15) is 9.59 Å². The van der Waals surface area contributed by atoms with E-state index in [0.717, 1.165) is 33.5 Å². The van der Waals surface area contributed by atoms with Crippen LogP contribution in [0.1, 0.15) is 43.6 Å². The van der Waals surface area contributed by atoms with Gasteiger partial charge < -0.3 is 19.5 Å². The van der Waals surface area contributed by atoms with Crippen molar-refractivity contribution in [1.29, 1.82) is 0 Å². The van der Waals surface area contributed by atoms with Gasteiger partial charge in [0.25, 0.3) is 0 Å². The summed E-state index contributed by atoms with van der Waals surface area (Å²) in [5, 5.41) is 1.11. The van der Waals surface area contributed by atoms with Crippen molar-refractivity contribution in [2.75, 3.05) is 19.7 Å². The molecule has 0 saturated carbocycles. The Bertz CT molecular complexity index is 1180. The van der Waals surface area contributed by atoms with E-state index in [0.29, 0.717) is 25.5 Å². The van der Waals surface area contributed by atoms with E-state index in [4.69, 9.17) is 4.74 Å². The minimum atomic E-state index is -0.513.